The summed E-state index contributed by atoms with van der Waals surface area (Å²) in [6, 6.07) is 12.2. The molecular formula is C24H30N4OS2. The predicted octanol–water partition coefficient (Wildman–Crippen LogP) is 4.58. The van der Waals surface area contributed by atoms with Gasteiger partial charge in [-0.25, -0.2) is 4.98 Å². The van der Waals surface area contributed by atoms with E-state index in [1.54, 1.807) is 11.8 Å². The van der Waals surface area contributed by atoms with Crippen LogP contribution in [0.2, 0.25) is 0 Å². The van der Waals surface area contributed by atoms with Gasteiger partial charge in [0.1, 0.15) is 0 Å². The second-order valence-electron chi connectivity index (χ2n) is 7.92. The number of anilines is 1. The van der Waals surface area contributed by atoms with Gasteiger partial charge >= 0.3 is 0 Å². The van der Waals surface area contributed by atoms with Gasteiger partial charge in [0.25, 0.3) is 5.91 Å². The molecule has 2 aromatic carbocycles. The summed E-state index contributed by atoms with van der Waals surface area (Å²) in [6.07, 6.45) is 0. The highest BCUT2D eigenvalue weighted by molar-refractivity contribution is 7.99. The van der Waals surface area contributed by atoms with Crippen LogP contribution in [0.5, 0.6) is 0 Å². The van der Waals surface area contributed by atoms with Crippen molar-refractivity contribution < 1.29 is 4.79 Å². The van der Waals surface area contributed by atoms with Crippen LogP contribution < -0.4 is 10.2 Å². The van der Waals surface area contributed by atoms with Gasteiger partial charge in [-0.2, -0.15) is 0 Å². The van der Waals surface area contributed by atoms with Crippen molar-refractivity contribution in [1.82, 2.24) is 15.2 Å². The van der Waals surface area contributed by atoms with Crippen molar-refractivity contribution in [3.63, 3.8) is 0 Å². The van der Waals surface area contributed by atoms with Gasteiger partial charge in [-0.1, -0.05) is 36.5 Å². The van der Waals surface area contributed by atoms with Crippen LogP contribution in [0.1, 0.15) is 28.4 Å². The third-order valence-electron chi connectivity index (χ3n) is 5.69. The number of nitrogens with one attached hydrogen (secondary N) is 1. The lowest BCUT2D eigenvalue weighted by Gasteiger charge is -2.34. The fourth-order valence-electron chi connectivity index (χ4n) is 3.87. The van der Waals surface area contributed by atoms with E-state index < -0.39 is 0 Å². The standard InChI is InChI=1S/C24H30N4OS2/c1-4-30-20-7-5-6-19(16-20)23(29)25-10-11-27-12-14-28(15-13-27)24-26-21-17(2)8-9-18(3)22(21)31-24/h5-9,16H,4,10-15H2,1-3H3,(H,25,29). The van der Waals surface area contributed by atoms with Gasteiger partial charge in [-0.3, -0.25) is 9.69 Å². The van der Waals surface area contributed by atoms with E-state index in [4.69, 9.17) is 4.98 Å². The fourth-order valence-corrected chi connectivity index (χ4v) is 5.75. The molecule has 0 unspecified atom stereocenters. The smallest absolute Gasteiger partial charge is 0.251 e. The Hall–Kier alpha value is -2.09. The van der Waals surface area contributed by atoms with Crippen molar-refractivity contribution >= 4 is 44.4 Å². The van der Waals surface area contributed by atoms with E-state index in [0.717, 1.165) is 59.6 Å². The van der Waals surface area contributed by atoms with E-state index in [2.05, 4.69) is 54.1 Å². The number of thiazole rings is 1. The van der Waals surface area contributed by atoms with Crippen LogP contribution in [-0.2, 0) is 0 Å². The van der Waals surface area contributed by atoms with Crippen molar-refractivity contribution in [2.24, 2.45) is 0 Å². The summed E-state index contributed by atoms with van der Waals surface area (Å²) in [5.41, 5.74) is 4.44. The molecule has 0 bridgehead atoms. The lowest BCUT2D eigenvalue weighted by molar-refractivity contribution is 0.0947. The largest absolute Gasteiger partial charge is 0.351 e. The number of piperazine rings is 1. The highest BCUT2D eigenvalue weighted by atomic mass is 32.2. The van der Waals surface area contributed by atoms with Gasteiger partial charge < -0.3 is 10.2 Å². The fraction of sp³-hybridized carbons (Fsp3) is 0.417. The summed E-state index contributed by atoms with van der Waals surface area (Å²) < 4.78 is 1.31. The molecule has 7 heteroatoms. The summed E-state index contributed by atoms with van der Waals surface area (Å²) in [5.74, 6) is 1.02. The monoisotopic (exact) mass is 454 g/mol. The number of fused-ring (bicyclic) bond motifs is 1. The van der Waals surface area contributed by atoms with Gasteiger partial charge in [-0.05, 0) is 48.9 Å². The summed E-state index contributed by atoms with van der Waals surface area (Å²) in [4.78, 5) is 23.4. The molecule has 0 spiro atoms. The van der Waals surface area contributed by atoms with Crippen LogP contribution in [0.3, 0.4) is 0 Å². The Bertz CT molecular complexity index is 1020. The van der Waals surface area contributed by atoms with E-state index in [9.17, 15) is 4.79 Å². The highest BCUT2D eigenvalue weighted by Crippen LogP contribution is 2.33. The van der Waals surface area contributed by atoms with Crippen LogP contribution in [0, 0.1) is 13.8 Å². The molecule has 1 aliphatic rings. The molecule has 1 aromatic heterocycles. The molecule has 0 saturated carbocycles. The molecule has 0 radical (unpaired) electrons. The average molecular weight is 455 g/mol. The maximum absolute atomic E-state index is 12.5. The molecular weight excluding hydrogens is 424 g/mol. The Balaban J connectivity index is 1.26. The molecule has 0 atom stereocenters. The third kappa shape index (κ3) is 5.22. The first kappa shape index (κ1) is 22.1. The number of rotatable bonds is 7. The minimum absolute atomic E-state index is 0.0115. The highest BCUT2D eigenvalue weighted by Gasteiger charge is 2.20. The number of carbonyl (C=O) groups excluding carboxylic acids is 1. The lowest BCUT2D eigenvalue weighted by Crippen LogP contribution is -2.48. The van der Waals surface area contributed by atoms with Crippen LogP contribution in [0.25, 0.3) is 10.2 Å². The first-order chi connectivity index (χ1) is 15.0. The number of thioether (sulfide) groups is 1. The van der Waals surface area contributed by atoms with Gasteiger partial charge in [0.05, 0.1) is 10.2 Å². The molecule has 1 amide bonds. The second-order valence-corrected chi connectivity index (χ2v) is 10.2. The molecule has 3 aromatic rings. The maximum atomic E-state index is 12.5. The van der Waals surface area contributed by atoms with Gasteiger partial charge in [0.15, 0.2) is 5.13 Å². The van der Waals surface area contributed by atoms with E-state index in [1.165, 1.54) is 15.8 Å². The van der Waals surface area contributed by atoms with Crippen molar-refractivity contribution in [1.29, 1.82) is 0 Å². The Labute approximate surface area is 192 Å². The van der Waals surface area contributed by atoms with Crippen molar-refractivity contribution in [3.05, 3.63) is 53.1 Å². The van der Waals surface area contributed by atoms with Crippen LogP contribution in [0.15, 0.2) is 41.3 Å². The minimum Gasteiger partial charge on any atom is -0.351 e. The number of hydrogen-bond acceptors (Lipinski definition) is 6. The SMILES string of the molecule is CCSc1cccc(C(=O)NCCN2CCN(c3nc4c(C)ccc(C)c4s3)CC2)c1. The molecule has 4 rings (SSSR count). The summed E-state index contributed by atoms with van der Waals surface area (Å²) in [7, 11) is 0. The van der Waals surface area contributed by atoms with Crippen LogP contribution in [-0.4, -0.2) is 60.8 Å². The predicted molar refractivity (Wildman–Crippen MR) is 133 cm³/mol. The molecule has 164 valence electrons. The number of hydrogen-bond donors (Lipinski definition) is 1. The summed E-state index contributed by atoms with van der Waals surface area (Å²) >= 11 is 3.56. The van der Waals surface area contributed by atoms with Crippen molar-refractivity contribution in [2.45, 2.75) is 25.7 Å². The average Bonchev–Trinajstić information content (AvgIpc) is 3.24. The summed E-state index contributed by atoms with van der Waals surface area (Å²) in [6.45, 7) is 11.9. The van der Waals surface area contributed by atoms with E-state index in [-0.39, 0.29) is 5.91 Å². The third-order valence-corrected chi connectivity index (χ3v) is 7.82. The molecule has 0 aliphatic carbocycles. The first-order valence-electron chi connectivity index (χ1n) is 10.9. The van der Waals surface area contributed by atoms with Gasteiger partial charge in [0, 0.05) is 49.7 Å². The molecule has 1 fully saturated rings. The number of benzene rings is 2. The summed E-state index contributed by atoms with van der Waals surface area (Å²) in [5, 5.41) is 4.20. The first-order valence-corrected chi connectivity index (χ1v) is 12.7. The van der Waals surface area contributed by atoms with Crippen molar-refractivity contribution in [2.75, 3.05) is 49.9 Å². The van der Waals surface area contributed by atoms with Gasteiger partial charge in [-0.15, -0.1) is 11.8 Å². The molecule has 5 nitrogen and oxygen atoms in total. The van der Waals surface area contributed by atoms with E-state index in [0.29, 0.717) is 6.54 Å². The molecule has 1 aliphatic heterocycles. The second kappa shape index (κ2) is 10.0. The zero-order chi connectivity index (χ0) is 21.8. The minimum atomic E-state index is 0.0115. The lowest BCUT2D eigenvalue weighted by atomic mass is 10.1. The quantitative estimate of drug-likeness (QED) is 0.530. The number of aromatic nitrogens is 1. The number of nitrogens with zero attached hydrogens (tertiary/aromatic N) is 3. The normalized spacial score (nSPS) is 14.9. The Kier molecular flexibility index (Phi) is 7.15. The zero-order valence-electron chi connectivity index (χ0n) is 18.5. The topological polar surface area (TPSA) is 48.5 Å². The van der Waals surface area contributed by atoms with Gasteiger partial charge in [0.2, 0.25) is 0 Å². The van der Waals surface area contributed by atoms with E-state index >= 15 is 0 Å². The number of carbonyl (C=O) groups is 1. The Morgan fingerprint density at radius 3 is 2.65 bits per heavy atom. The molecule has 1 saturated heterocycles. The van der Waals surface area contributed by atoms with Crippen LogP contribution >= 0.6 is 23.1 Å². The van der Waals surface area contributed by atoms with E-state index in [1.807, 2.05) is 29.5 Å². The maximum Gasteiger partial charge on any atom is 0.251 e. The molecule has 31 heavy (non-hydrogen) atoms. The molecule has 2 heterocycles. The number of aryl methyl sites for hydroxylation is 2. The Morgan fingerprint density at radius 2 is 1.90 bits per heavy atom. The Morgan fingerprint density at radius 1 is 1.13 bits per heavy atom. The zero-order valence-corrected chi connectivity index (χ0v) is 20.1. The molecule has 1 N–H and O–H groups in total. The van der Waals surface area contributed by atoms with Crippen molar-refractivity contribution in [3.8, 4) is 0 Å². The number of amides is 1. The van der Waals surface area contributed by atoms with Crippen LogP contribution in [0.4, 0.5) is 5.13 Å².